The smallest absolute Gasteiger partial charge is 0.305 e. The number of esters is 1. The Balaban J connectivity index is 3.73. The highest BCUT2D eigenvalue weighted by Gasteiger charge is 2.10. The van der Waals surface area contributed by atoms with Crippen molar-refractivity contribution in [3.05, 3.63) is 0 Å². The fourth-order valence-corrected chi connectivity index (χ4v) is 1.09. The third-order valence-corrected chi connectivity index (χ3v) is 2.00. The van der Waals surface area contributed by atoms with Crippen LogP contribution < -0.4 is 5.73 Å². The van der Waals surface area contributed by atoms with E-state index in [-0.39, 0.29) is 23.3 Å². The normalized spacial score (nSPS) is 9.47. The SMILES string of the molecule is COC(=O)CCCN(C)C(=O)CC(N)=S. The van der Waals surface area contributed by atoms with Crippen molar-refractivity contribution in [2.24, 2.45) is 5.73 Å². The van der Waals surface area contributed by atoms with Gasteiger partial charge in [-0.25, -0.2) is 0 Å². The van der Waals surface area contributed by atoms with Gasteiger partial charge >= 0.3 is 5.97 Å². The van der Waals surface area contributed by atoms with E-state index in [4.69, 9.17) is 5.73 Å². The Morgan fingerprint density at radius 2 is 2.07 bits per heavy atom. The number of nitrogens with zero attached hydrogens (tertiary/aromatic N) is 1. The molecule has 0 aliphatic rings. The van der Waals surface area contributed by atoms with Crippen molar-refractivity contribution >= 4 is 29.1 Å². The number of carbonyl (C=O) groups is 2. The third-order valence-electron chi connectivity index (χ3n) is 1.85. The molecule has 0 saturated heterocycles. The zero-order valence-corrected chi connectivity index (χ0v) is 9.80. The van der Waals surface area contributed by atoms with E-state index < -0.39 is 0 Å². The number of nitrogens with two attached hydrogens (primary N) is 1. The Morgan fingerprint density at radius 1 is 1.47 bits per heavy atom. The van der Waals surface area contributed by atoms with Crippen LogP contribution in [0.2, 0.25) is 0 Å². The molecule has 0 aromatic heterocycles. The lowest BCUT2D eigenvalue weighted by Crippen LogP contribution is -2.31. The van der Waals surface area contributed by atoms with Gasteiger partial charge in [0.15, 0.2) is 0 Å². The monoisotopic (exact) mass is 232 g/mol. The van der Waals surface area contributed by atoms with Gasteiger partial charge in [0, 0.05) is 20.0 Å². The molecule has 0 unspecified atom stereocenters. The summed E-state index contributed by atoms with van der Waals surface area (Å²) in [4.78, 5) is 23.8. The van der Waals surface area contributed by atoms with E-state index in [1.54, 1.807) is 7.05 Å². The molecule has 5 nitrogen and oxygen atoms in total. The number of carbonyl (C=O) groups excluding carboxylic acids is 2. The minimum atomic E-state index is -0.273. The summed E-state index contributed by atoms with van der Waals surface area (Å²) in [6.45, 7) is 0.497. The van der Waals surface area contributed by atoms with Crippen LogP contribution in [0, 0.1) is 0 Å². The van der Waals surface area contributed by atoms with Gasteiger partial charge in [-0.1, -0.05) is 12.2 Å². The molecule has 0 aromatic rings. The molecular formula is C9H16N2O3S. The van der Waals surface area contributed by atoms with E-state index in [1.807, 2.05) is 0 Å². The van der Waals surface area contributed by atoms with Crippen LogP contribution in [0.5, 0.6) is 0 Å². The summed E-state index contributed by atoms with van der Waals surface area (Å²) >= 11 is 4.62. The predicted octanol–water partition coefficient (Wildman–Crippen LogP) is 0.0742. The quantitative estimate of drug-likeness (QED) is 0.518. The summed E-state index contributed by atoms with van der Waals surface area (Å²) in [5.74, 6) is -0.405. The zero-order valence-electron chi connectivity index (χ0n) is 8.99. The van der Waals surface area contributed by atoms with Gasteiger partial charge < -0.3 is 15.4 Å². The molecule has 0 fully saturated rings. The third kappa shape index (κ3) is 6.84. The summed E-state index contributed by atoms with van der Waals surface area (Å²) in [6.07, 6.45) is 0.956. The maximum atomic E-state index is 11.3. The second-order valence-corrected chi connectivity index (χ2v) is 3.66. The Kier molecular flexibility index (Phi) is 6.61. The minimum absolute atomic E-state index is 0.0735. The molecule has 0 spiro atoms. The molecule has 0 saturated carbocycles. The van der Waals surface area contributed by atoms with Crippen LogP contribution in [0.4, 0.5) is 0 Å². The molecule has 0 rings (SSSR count). The summed E-state index contributed by atoms with van der Waals surface area (Å²) < 4.78 is 4.47. The molecule has 0 atom stereocenters. The average Bonchev–Trinajstić information content (AvgIpc) is 2.16. The van der Waals surface area contributed by atoms with Gasteiger partial charge in [0.1, 0.15) is 0 Å². The first-order valence-electron chi connectivity index (χ1n) is 4.56. The second kappa shape index (κ2) is 7.17. The van der Waals surface area contributed by atoms with Crippen LogP contribution in [0.3, 0.4) is 0 Å². The number of rotatable bonds is 6. The average molecular weight is 232 g/mol. The predicted molar refractivity (Wildman–Crippen MR) is 60.3 cm³/mol. The van der Waals surface area contributed by atoms with Crippen LogP contribution in [0.25, 0.3) is 0 Å². The van der Waals surface area contributed by atoms with Gasteiger partial charge in [-0.05, 0) is 6.42 Å². The Bertz CT molecular complexity index is 256. The summed E-state index contributed by atoms with van der Waals surface area (Å²) in [5.41, 5.74) is 5.24. The minimum Gasteiger partial charge on any atom is -0.469 e. The first kappa shape index (κ1) is 13.8. The summed E-state index contributed by atoms with van der Waals surface area (Å²) in [5, 5.41) is 0. The van der Waals surface area contributed by atoms with E-state index in [9.17, 15) is 9.59 Å². The van der Waals surface area contributed by atoms with Crippen molar-refractivity contribution in [2.45, 2.75) is 19.3 Å². The molecule has 86 valence electrons. The molecule has 0 heterocycles. The summed E-state index contributed by atoms with van der Waals surface area (Å²) in [7, 11) is 2.99. The maximum Gasteiger partial charge on any atom is 0.305 e. The van der Waals surface area contributed by atoms with E-state index in [1.165, 1.54) is 12.0 Å². The fraction of sp³-hybridized carbons (Fsp3) is 0.667. The first-order chi connectivity index (χ1) is 6.97. The molecule has 0 aliphatic heterocycles. The number of hydrogen-bond acceptors (Lipinski definition) is 4. The number of hydrogen-bond donors (Lipinski definition) is 1. The molecular weight excluding hydrogens is 216 g/mol. The van der Waals surface area contributed by atoms with Crippen LogP contribution >= 0.6 is 12.2 Å². The highest BCUT2D eigenvalue weighted by atomic mass is 32.1. The van der Waals surface area contributed by atoms with Crippen molar-refractivity contribution in [2.75, 3.05) is 20.7 Å². The lowest BCUT2D eigenvalue weighted by Gasteiger charge is -2.16. The molecule has 0 radical (unpaired) electrons. The van der Waals surface area contributed by atoms with E-state index >= 15 is 0 Å². The van der Waals surface area contributed by atoms with Crippen molar-refractivity contribution in [1.29, 1.82) is 0 Å². The van der Waals surface area contributed by atoms with Gasteiger partial charge in [0.2, 0.25) is 5.91 Å². The van der Waals surface area contributed by atoms with Crippen molar-refractivity contribution < 1.29 is 14.3 Å². The van der Waals surface area contributed by atoms with Gasteiger partial charge in [-0.15, -0.1) is 0 Å². The van der Waals surface area contributed by atoms with Crippen molar-refractivity contribution in [3.8, 4) is 0 Å². The Labute approximate surface area is 94.6 Å². The molecule has 2 N–H and O–H groups in total. The van der Waals surface area contributed by atoms with Gasteiger partial charge in [0.25, 0.3) is 0 Å². The van der Waals surface area contributed by atoms with Crippen molar-refractivity contribution in [3.63, 3.8) is 0 Å². The molecule has 6 heteroatoms. The number of methoxy groups -OCH3 is 1. The van der Waals surface area contributed by atoms with Crippen LogP contribution in [0.1, 0.15) is 19.3 Å². The molecule has 0 aromatic carbocycles. The van der Waals surface area contributed by atoms with E-state index in [2.05, 4.69) is 17.0 Å². The number of ether oxygens (including phenoxy) is 1. The number of amides is 1. The number of thiocarbonyl (C=S) groups is 1. The Hall–Kier alpha value is -1.17. The second-order valence-electron chi connectivity index (χ2n) is 3.14. The van der Waals surface area contributed by atoms with Gasteiger partial charge in [-0.3, -0.25) is 9.59 Å². The Morgan fingerprint density at radius 3 is 2.53 bits per heavy atom. The molecule has 1 amide bonds. The topological polar surface area (TPSA) is 72.6 Å². The highest BCUT2D eigenvalue weighted by molar-refractivity contribution is 7.80. The highest BCUT2D eigenvalue weighted by Crippen LogP contribution is 1.97. The lowest BCUT2D eigenvalue weighted by molar-refractivity contribution is -0.141. The van der Waals surface area contributed by atoms with Crippen LogP contribution in [-0.4, -0.2) is 42.5 Å². The van der Waals surface area contributed by atoms with E-state index in [0.29, 0.717) is 19.4 Å². The standard InChI is InChI=1S/C9H16N2O3S/c1-11(8(12)6-7(10)15)5-3-4-9(13)14-2/h3-6H2,1-2H3,(H2,10,15). The van der Waals surface area contributed by atoms with Crippen LogP contribution in [-0.2, 0) is 14.3 Å². The lowest BCUT2D eigenvalue weighted by atomic mass is 10.3. The summed E-state index contributed by atoms with van der Waals surface area (Å²) in [6, 6.07) is 0. The maximum absolute atomic E-state index is 11.3. The van der Waals surface area contributed by atoms with Gasteiger partial charge in [0.05, 0.1) is 18.5 Å². The van der Waals surface area contributed by atoms with Crippen molar-refractivity contribution in [1.82, 2.24) is 4.90 Å². The van der Waals surface area contributed by atoms with E-state index in [0.717, 1.165) is 0 Å². The van der Waals surface area contributed by atoms with Gasteiger partial charge in [-0.2, -0.15) is 0 Å². The first-order valence-corrected chi connectivity index (χ1v) is 4.97. The molecule has 15 heavy (non-hydrogen) atoms. The molecule has 0 bridgehead atoms. The zero-order chi connectivity index (χ0) is 11.8. The molecule has 0 aliphatic carbocycles. The fourth-order valence-electron chi connectivity index (χ4n) is 0.971. The van der Waals surface area contributed by atoms with Crippen LogP contribution in [0.15, 0.2) is 0 Å². The largest absolute Gasteiger partial charge is 0.469 e.